The number of carbonyl (C=O) groups is 2. The SMILES string of the molecule is CNC[C@H](C)NC(=O)N1CCCCC1.CNC[C@H](C)NC(=O)N1CCC[C@@H]([C@@](O)(CCCCOC)c2ccccc2-c2ccc(Cl)cc2)C1. The van der Waals surface area contributed by atoms with Crippen molar-refractivity contribution in [2.75, 3.05) is 67.1 Å². The molecule has 5 N–H and O–H groups in total. The molecular formula is C38H61ClN6O4. The Morgan fingerprint density at radius 2 is 1.47 bits per heavy atom. The zero-order chi connectivity index (χ0) is 35.6. The summed E-state index contributed by atoms with van der Waals surface area (Å²) in [7, 11) is 5.47. The van der Waals surface area contributed by atoms with E-state index < -0.39 is 5.60 Å². The van der Waals surface area contributed by atoms with Crippen LogP contribution in [0.15, 0.2) is 48.5 Å². The third-order valence-corrected chi connectivity index (χ3v) is 9.74. The molecule has 0 aromatic heterocycles. The summed E-state index contributed by atoms with van der Waals surface area (Å²) in [6.45, 7) is 9.25. The average Bonchev–Trinajstić information content (AvgIpc) is 3.11. The molecule has 49 heavy (non-hydrogen) atoms. The Morgan fingerprint density at radius 3 is 2.08 bits per heavy atom. The molecule has 2 aromatic carbocycles. The minimum atomic E-state index is -1.07. The van der Waals surface area contributed by atoms with Crippen molar-refractivity contribution in [3.05, 3.63) is 59.1 Å². The van der Waals surface area contributed by atoms with Crippen LogP contribution in [-0.4, -0.2) is 106 Å². The standard InChI is InChI=1S/C28H40ClN3O3.C10H21N3O/c1-21(19-30-2)31-27(33)32-17-8-9-23(20-32)28(34,16-6-7-18-35-3)26-11-5-4-10-25(26)22-12-14-24(29)15-13-22;1-9(8-11-2)12-10(14)13-6-4-3-5-7-13/h4-5,10-15,21,23,30,34H,6-9,16-20H2,1-3H3,(H,31,33);9,11H,3-8H2,1-2H3,(H,12,14)/t21-,23+,28-;9-/m00/s1. The number of aliphatic hydroxyl groups is 1. The van der Waals surface area contributed by atoms with E-state index in [1.165, 1.54) is 6.42 Å². The van der Waals surface area contributed by atoms with Crippen molar-refractivity contribution >= 4 is 23.7 Å². The van der Waals surface area contributed by atoms with Crippen LogP contribution >= 0.6 is 11.6 Å². The van der Waals surface area contributed by atoms with Gasteiger partial charge in [0, 0.05) is 76.0 Å². The van der Waals surface area contributed by atoms with E-state index in [9.17, 15) is 14.7 Å². The monoisotopic (exact) mass is 700 g/mol. The molecule has 0 bridgehead atoms. The zero-order valence-corrected chi connectivity index (χ0v) is 31.2. The van der Waals surface area contributed by atoms with Crippen molar-refractivity contribution in [2.45, 2.75) is 82.9 Å². The van der Waals surface area contributed by atoms with Gasteiger partial charge in [-0.05, 0) is 108 Å². The smallest absolute Gasteiger partial charge is 0.317 e. The van der Waals surface area contributed by atoms with Crippen molar-refractivity contribution in [1.82, 2.24) is 31.1 Å². The lowest BCUT2D eigenvalue weighted by atomic mass is 9.72. The second-order valence-electron chi connectivity index (χ2n) is 13.6. The number of amides is 4. The first-order chi connectivity index (χ1) is 23.6. The van der Waals surface area contributed by atoms with Crippen LogP contribution in [0.25, 0.3) is 11.1 Å². The third-order valence-electron chi connectivity index (χ3n) is 9.49. The molecule has 274 valence electrons. The van der Waals surface area contributed by atoms with Crippen LogP contribution in [0.3, 0.4) is 0 Å². The van der Waals surface area contributed by atoms with Crippen LogP contribution in [0.2, 0.25) is 5.02 Å². The van der Waals surface area contributed by atoms with Crippen molar-refractivity contribution in [3.63, 3.8) is 0 Å². The number of methoxy groups -OCH3 is 1. The number of unbranched alkanes of at least 4 members (excludes halogenated alkanes) is 1. The molecule has 2 heterocycles. The Morgan fingerprint density at radius 1 is 0.878 bits per heavy atom. The fourth-order valence-corrected chi connectivity index (χ4v) is 7.03. The number of urea groups is 2. The van der Waals surface area contributed by atoms with E-state index in [1.54, 1.807) is 7.11 Å². The van der Waals surface area contributed by atoms with Gasteiger partial charge in [0.05, 0.1) is 5.60 Å². The molecule has 4 amide bonds. The maximum Gasteiger partial charge on any atom is 0.317 e. The number of nitrogens with one attached hydrogen (secondary N) is 4. The van der Waals surface area contributed by atoms with Crippen LogP contribution in [0, 0.1) is 5.92 Å². The number of piperidine rings is 2. The summed E-state index contributed by atoms with van der Waals surface area (Å²) in [5.74, 6) is -0.0717. The molecule has 2 aromatic rings. The van der Waals surface area contributed by atoms with Gasteiger partial charge in [0.1, 0.15) is 0 Å². The third kappa shape index (κ3) is 12.7. The van der Waals surface area contributed by atoms with E-state index in [0.717, 1.165) is 74.8 Å². The summed E-state index contributed by atoms with van der Waals surface area (Å²) in [6.07, 6.45) is 7.60. The lowest BCUT2D eigenvalue weighted by Gasteiger charge is -2.43. The second-order valence-corrected chi connectivity index (χ2v) is 14.0. The van der Waals surface area contributed by atoms with Crippen LogP contribution in [0.4, 0.5) is 9.59 Å². The first-order valence-corrected chi connectivity index (χ1v) is 18.5. The van der Waals surface area contributed by atoms with Gasteiger partial charge in [0.25, 0.3) is 0 Å². The number of nitrogens with zero attached hydrogens (tertiary/aromatic N) is 2. The average molecular weight is 701 g/mol. The van der Waals surface area contributed by atoms with Gasteiger partial charge in [-0.15, -0.1) is 0 Å². The molecule has 2 fully saturated rings. The molecule has 0 saturated carbocycles. The topological polar surface area (TPSA) is 118 Å². The predicted molar refractivity (Wildman–Crippen MR) is 200 cm³/mol. The van der Waals surface area contributed by atoms with E-state index in [2.05, 4.69) is 27.3 Å². The van der Waals surface area contributed by atoms with Gasteiger partial charge >= 0.3 is 12.1 Å². The maximum atomic E-state index is 13.0. The fraction of sp³-hybridized carbons (Fsp3) is 0.632. The van der Waals surface area contributed by atoms with Crippen molar-refractivity contribution in [1.29, 1.82) is 0 Å². The van der Waals surface area contributed by atoms with Gasteiger partial charge in [-0.2, -0.15) is 0 Å². The van der Waals surface area contributed by atoms with Crippen LogP contribution < -0.4 is 21.3 Å². The van der Waals surface area contributed by atoms with Gasteiger partial charge < -0.3 is 40.9 Å². The first-order valence-electron chi connectivity index (χ1n) is 18.1. The normalized spacial score (nSPS) is 18.8. The predicted octanol–water partition coefficient (Wildman–Crippen LogP) is 5.83. The number of hydrogen-bond acceptors (Lipinski definition) is 6. The second kappa shape index (κ2) is 21.4. The molecule has 10 nitrogen and oxygen atoms in total. The van der Waals surface area contributed by atoms with Crippen LogP contribution in [0.1, 0.15) is 70.8 Å². The maximum absolute atomic E-state index is 13.0. The Balaban J connectivity index is 0.000000388. The van der Waals surface area contributed by atoms with Crippen LogP contribution in [0.5, 0.6) is 0 Å². The molecule has 2 aliphatic rings. The molecule has 0 radical (unpaired) electrons. The van der Waals surface area contributed by atoms with E-state index in [4.69, 9.17) is 16.3 Å². The lowest BCUT2D eigenvalue weighted by molar-refractivity contribution is -0.0559. The van der Waals surface area contributed by atoms with E-state index in [1.807, 2.05) is 80.2 Å². The highest BCUT2D eigenvalue weighted by molar-refractivity contribution is 6.30. The number of likely N-dealkylation sites (N-methyl/N-ethyl adjacent to an activating group) is 2. The highest BCUT2D eigenvalue weighted by atomic mass is 35.5. The summed E-state index contributed by atoms with van der Waals surface area (Å²) >= 11 is 6.14. The zero-order valence-electron chi connectivity index (χ0n) is 30.4. The molecule has 0 spiro atoms. The van der Waals surface area contributed by atoms with Crippen LogP contribution in [-0.2, 0) is 10.3 Å². The number of hydrogen-bond donors (Lipinski definition) is 5. The van der Waals surface area contributed by atoms with Gasteiger partial charge in [-0.1, -0.05) is 48.0 Å². The van der Waals surface area contributed by atoms with Gasteiger partial charge in [-0.3, -0.25) is 0 Å². The highest BCUT2D eigenvalue weighted by Crippen LogP contribution is 2.43. The summed E-state index contributed by atoms with van der Waals surface area (Å²) < 4.78 is 5.26. The lowest BCUT2D eigenvalue weighted by Crippen LogP contribution is -2.53. The summed E-state index contributed by atoms with van der Waals surface area (Å²) in [5.41, 5.74) is 1.87. The van der Waals surface area contributed by atoms with Crippen molar-refractivity contribution in [2.24, 2.45) is 5.92 Å². The number of rotatable bonds is 14. The Hall–Kier alpha value is -2.89. The summed E-state index contributed by atoms with van der Waals surface area (Å²) in [5, 5.41) is 25.3. The molecule has 0 unspecified atom stereocenters. The number of halogens is 1. The quantitative estimate of drug-likeness (QED) is 0.158. The molecular weight excluding hydrogens is 640 g/mol. The Kier molecular flexibility index (Phi) is 17.7. The fourth-order valence-electron chi connectivity index (χ4n) is 6.91. The van der Waals surface area contributed by atoms with E-state index in [0.29, 0.717) is 37.7 Å². The summed E-state index contributed by atoms with van der Waals surface area (Å²) in [4.78, 5) is 28.4. The molecule has 2 aliphatic heterocycles. The molecule has 4 rings (SSSR count). The Labute approximate surface area is 299 Å². The molecule has 2 saturated heterocycles. The van der Waals surface area contributed by atoms with Gasteiger partial charge in [-0.25, -0.2) is 9.59 Å². The number of ether oxygens (including phenoxy) is 1. The molecule has 4 atom stereocenters. The highest BCUT2D eigenvalue weighted by Gasteiger charge is 2.42. The van der Waals surface area contributed by atoms with Gasteiger partial charge in [0.2, 0.25) is 0 Å². The van der Waals surface area contributed by atoms with Gasteiger partial charge in [0.15, 0.2) is 0 Å². The van der Waals surface area contributed by atoms with E-state index in [-0.39, 0.29) is 30.1 Å². The Bertz CT molecular complexity index is 1260. The minimum Gasteiger partial charge on any atom is -0.385 e. The number of likely N-dealkylation sites (tertiary alicyclic amines) is 2. The first kappa shape index (κ1) is 40.5. The number of carbonyl (C=O) groups excluding carboxylic acids is 2. The largest absolute Gasteiger partial charge is 0.385 e. The van der Waals surface area contributed by atoms with Crippen molar-refractivity contribution in [3.8, 4) is 11.1 Å². The minimum absolute atomic E-state index is 0.0337. The summed E-state index contributed by atoms with van der Waals surface area (Å²) in [6, 6.07) is 16.1. The van der Waals surface area contributed by atoms with Crippen molar-refractivity contribution < 1.29 is 19.4 Å². The molecule has 0 aliphatic carbocycles. The number of benzene rings is 2. The van der Waals surface area contributed by atoms with E-state index >= 15 is 0 Å². The molecule has 11 heteroatoms.